The molecular weight excluding hydrogens is 306 g/mol. The first-order valence-electron chi connectivity index (χ1n) is 7.48. The molecule has 0 spiro atoms. The van der Waals surface area contributed by atoms with Crippen LogP contribution in [0.15, 0.2) is 18.2 Å². The second kappa shape index (κ2) is 8.03. The number of anilines is 1. The zero-order valence-corrected chi connectivity index (χ0v) is 13.1. The van der Waals surface area contributed by atoms with Gasteiger partial charge in [-0.25, -0.2) is 4.79 Å². The largest absolute Gasteiger partial charge is 0.480 e. The van der Waals surface area contributed by atoms with Crippen molar-refractivity contribution in [2.75, 3.05) is 11.9 Å². The molecule has 2 N–H and O–H groups in total. The number of halogens is 1. The van der Waals surface area contributed by atoms with Crippen molar-refractivity contribution in [1.29, 1.82) is 0 Å². The van der Waals surface area contributed by atoms with E-state index in [1.807, 2.05) is 0 Å². The Bertz CT molecular complexity index is 541. The van der Waals surface area contributed by atoms with Gasteiger partial charge in [0, 0.05) is 12.1 Å². The van der Waals surface area contributed by atoms with Crippen molar-refractivity contribution in [1.82, 2.24) is 0 Å². The van der Waals surface area contributed by atoms with Crippen molar-refractivity contribution in [2.45, 2.75) is 38.5 Å². The van der Waals surface area contributed by atoms with E-state index in [9.17, 15) is 9.59 Å². The van der Waals surface area contributed by atoms with Crippen LogP contribution in [-0.4, -0.2) is 23.6 Å². The smallest absolute Gasteiger partial charge is 0.341 e. The molecule has 0 saturated heterocycles. The van der Waals surface area contributed by atoms with Gasteiger partial charge < -0.3 is 15.2 Å². The molecule has 1 aliphatic rings. The standard InChI is InChI=1S/C16H20ClNO4/c17-13-9-12(6-7-14(13)22-10-16(20)21)18-15(19)8-11-4-2-1-3-5-11/h6-7,9,11H,1-5,8,10H2,(H,18,19)(H,20,21). The number of ether oxygens (including phenoxy) is 1. The predicted octanol–water partition coefficient (Wildman–Crippen LogP) is 3.71. The lowest BCUT2D eigenvalue weighted by Gasteiger charge is -2.20. The Morgan fingerprint density at radius 2 is 2.00 bits per heavy atom. The third kappa shape index (κ3) is 5.22. The van der Waals surface area contributed by atoms with Gasteiger partial charge in [0.05, 0.1) is 5.02 Å². The molecule has 2 rings (SSSR count). The van der Waals surface area contributed by atoms with E-state index in [2.05, 4.69) is 5.32 Å². The average Bonchev–Trinajstić information content (AvgIpc) is 2.47. The van der Waals surface area contributed by atoms with E-state index >= 15 is 0 Å². The highest BCUT2D eigenvalue weighted by molar-refractivity contribution is 6.32. The molecule has 0 atom stereocenters. The Labute approximate surface area is 134 Å². The van der Waals surface area contributed by atoms with Crippen molar-refractivity contribution in [2.24, 2.45) is 5.92 Å². The van der Waals surface area contributed by atoms with Crippen LogP contribution in [0.2, 0.25) is 5.02 Å². The molecule has 1 aromatic rings. The van der Waals surface area contributed by atoms with Gasteiger partial charge >= 0.3 is 5.97 Å². The van der Waals surface area contributed by atoms with E-state index in [0.717, 1.165) is 12.8 Å². The number of hydrogen-bond donors (Lipinski definition) is 2. The molecule has 0 radical (unpaired) electrons. The summed E-state index contributed by atoms with van der Waals surface area (Å²) in [6.45, 7) is -0.451. The number of aliphatic carboxylic acids is 1. The third-order valence-electron chi connectivity index (χ3n) is 3.77. The summed E-state index contributed by atoms with van der Waals surface area (Å²) in [5.74, 6) is -0.320. The summed E-state index contributed by atoms with van der Waals surface area (Å²) < 4.78 is 5.04. The highest BCUT2D eigenvalue weighted by atomic mass is 35.5. The van der Waals surface area contributed by atoms with E-state index < -0.39 is 12.6 Å². The molecule has 0 heterocycles. The number of amides is 1. The van der Waals surface area contributed by atoms with E-state index in [4.69, 9.17) is 21.4 Å². The van der Waals surface area contributed by atoms with Crippen molar-refractivity contribution in [3.8, 4) is 5.75 Å². The van der Waals surface area contributed by atoms with Crippen LogP contribution in [0.3, 0.4) is 0 Å². The van der Waals surface area contributed by atoms with E-state index in [1.165, 1.54) is 19.3 Å². The lowest BCUT2D eigenvalue weighted by molar-refractivity contribution is -0.139. The molecule has 1 saturated carbocycles. The number of carbonyl (C=O) groups is 2. The molecule has 0 bridgehead atoms. The molecule has 0 unspecified atom stereocenters. The quantitative estimate of drug-likeness (QED) is 0.836. The number of hydrogen-bond acceptors (Lipinski definition) is 3. The van der Waals surface area contributed by atoms with Crippen LogP contribution in [0.4, 0.5) is 5.69 Å². The lowest BCUT2D eigenvalue weighted by atomic mass is 9.87. The summed E-state index contributed by atoms with van der Waals surface area (Å²) in [5.41, 5.74) is 0.591. The zero-order valence-electron chi connectivity index (χ0n) is 12.3. The van der Waals surface area contributed by atoms with Gasteiger partial charge in [0.2, 0.25) is 5.91 Å². The SMILES string of the molecule is O=C(O)COc1ccc(NC(=O)CC2CCCCC2)cc1Cl. The van der Waals surface area contributed by atoms with Gasteiger partial charge in [0.1, 0.15) is 5.75 Å². The van der Waals surface area contributed by atoms with Crippen LogP contribution in [0.1, 0.15) is 38.5 Å². The maximum Gasteiger partial charge on any atom is 0.341 e. The minimum Gasteiger partial charge on any atom is -0.480 e. The van der Waals surface area contributed by atoms with Gasteiger partial charge in [0.25, 0.3) is 0 Å². The second-order valence-electron chi connectivity index (χ2n) is 5.58. The highest BCUT2D eigenvalue weighted by Crippen LogP contribution is 2.29. The Hall–Kier alpha value is -1.75. The minimum absolute atomic E-state index is 0.0119. The summed E-state index contributed by atoms with van der Waals surface area (Å²) in [5, 5.41) is 11.7. The first-order chi connectivity index (χ1) is 10.5. The number of carboxylic acids is 1. The number of carboxylic acid groups (broad SMARTS) is 1. The van der Waals surface area contributed by atoms with Crippen LogP contribution in [-0.2, 0) is 9.59 Å². The summed E-state index contributed by atoms with van der Waals surface area (Å²) in [6, 6.07) is 4.78. The predicted molar refractivity (Wildman–Crippen MR) is 84.4 cm³/mol. The first-order valence-corrected chi connectivity index (χ1v) is 7.86. The summed E-state index contributed by atoms with van der Waals surface area (Å²) in [7, 11) is 0. The number of rotatable bonds is 6. The number of nitrogens with one attached hydrogen (secondary N) is 1. The number of benzene rings is 1. The van der Waals surface area contributed by atoms with Crippen LogP contribution >= 0.6 is 11.6 Å². The van der Waals surface area contributed by atoms with E-state index in [0.29, 0.717) is 18.0 Å². The van der Waals surface area contributed by atoms with Gasteiger partial charge in [-0.2, -0.15) is 0 Å². The maximum absolute atomic E-state index is 12.0. The van der Waals surface area contributed by atoms with Gasteiger partial charge in [-0.15, -0.1) is 0 Å². The minimum atomic E-state index is -1.07. The van der Waals surface area contributed by atoms with Gasteiger partial charge in [0.15, 0.2) is 6.61 Å². The average molecular weight is 326 g/mol. The molecule has 5 nitrogen and oxygen atoms in total. The van der Waals surface area contributed by atoms with Crippen molar-refractivity contribution < 1.29 is 19.4 Å². The molecule has 1 amide bonds. The number of carbonyl (C=O) groups excluding carboxylic acids is 1. The summed E-state index contributed by atoms with van der Waals surface area (Å²) >= 11 is 6.02. The van der Waals surface area contributed by atoms with Crippen molar-refractivity contribution in [3.05, 3.63) is 23.2 Å². The monoisotopic (exact) mass is 325 g/mol. The van der Waals surface area contributed by atoms with Crippen LogP contribution < -0.4 is 10.1 Å². The van der Waals surface area contributed by atoms with Crippen molar-refractivity contribution >= 4 is 29.2 Å². The molecule has 120 valence electrons. The van der Waals surface area contributed by atoms with Crippen LogP contribution in [0.5, 0.6) is 5.75 Å². The molecular formula is C16H20ClNO4. The molecule has 1 aromatic carbocycles. The summed E-state index contributed by atoms with van der Waals surface area (Å²) in [4.78, 5) is 22.5. The Morgan fingerprint density at radius 1 is 1.27 bits per heavy atom. The van der Waals surface area contributed by atoms with Crippen molar-refractivity contribution in [3.63, 3.8) is 0 Å². The molecule has 1 fully saturated rings. The van der Waals surface area contributed by atoms with E-state index in [1.54, 1.807) is 18.2 Å². The van der Waals surface area contributed by atoms with Gasteiger partial charge in [-0.1, -0.05) is 30.9 Å². The van der Waals surface area contributed by atoms with Gasteiger partial charge in [-0.05, 0) is 37.0 Å². The molecule has 22 heavy (non-hydrogen) atoms. The Kier molecular flexibility index (Phi) is 6.07. The fraction of sp³-hybridized carbons (Fsp3) is 0.500. The van der Waals surface area contributed by atoms with E-state index in [-0.39, 0.29) is 16.7 Å². The first kappa shape index (κ1) is 16.6. The molecule has 0 aromatic heterocycles. The molecule has 0 aliphatic heterocycles. The fourth-order valence-corrected chi connectivity index (χ4v) is 2.94. The molecule has 1 aliphatic carbocycles. The Balaban J connectivity index is 1.88. The normalized spacial score (nSPS) is 15.3. The third-order valence-corrected chi connectivity index (χ3v) is 4.06. The fourth-order valence-electron chi connectivity index (χ4n) is 2.70. The van der Waals surface area contributed by atoms with Crippen LogP contribution in [0, 0.1) is 5.92 Å². The Morgan fingerprint density at radius 3 is 2.64 bits per heavy atom. The molecule has 6 heteroatoms. The van der Waals surface area contributed by atoms with Gasteiger partial charge in [-0.3, -0.25) is 4.79 Å². The summed E-state index contributed by atoms with van der Waals surface area (Å²) in [6.07, 6.45) is 6.46. The maximum atomic E-state index is 12.0. The highest BCUT2D eigenvalue weighted by Gasteiger charge is 2.17. The lowest BCUT2D eigenvalue weighted by Crippen LogP contribution is -2.18. The van der Waals surface area contributed by atoms with Crippen LogP contribution in [0.25, 0.3) is 0 Å². The zero-order chi connectivity index (χ0) is 15.9. The second-order valence-corrected chi connectivity index (χ2v) is 5.99. The topological polar surface area (TPSA) is 75.6 Å².